The van der Waals surface area contributed by atoms with Gasteiger partial charge in [-0.25, -0.2) is 9.97 Å². The summed E-state index contributed by atoms with van der Waals surface area (Å²) in [6, 6.07) is 13.9. The topological polar surface area (TPSA) is 85.4 Å². The molecule has 0 atom stereocenters. The van der Waals surface area contributed by atoms with Gasteiger partial charge in [-0.2, -0.15) is 0 Å². The first-order valence-corrected chi connectivity index (χ1v) is 8.78. The fraction of sp³-hybridized carbons (Fsp3) is 0.150. The highest BCUT2D eigenvalue weighted by molar-refractivity contribution is 6.30. The lowest BCUT2D eigenvalue weighted by Crippen LogP contribution is -2.15. The fourth-order valence-electron chi connectivity index (χ4n) is 2.57. The SMILES string of the molecule is COc1ccc(NC(=O)c2cc(Nc3cccc(Cl)c3)nc(C)n2)cc1OC. The van der Waals surface area contributed by atoms with Crippen molar-refractivity contribution in [3.63, 3.8) is 0 Å². The van der Waals surface area contributed by atoms with E-state index in [2.05, 4.69) is 20.6 Å². The predicted molar refractivity (Wildman–Crippen MR) is 109 cm³/mol. The molecule has 144 valence electrons. The van der Waals surface area contributed by atoms with Crippen molar-refractivity contribution in [3.05, 3.63) is 65.1 Å². The Morgan fingerprint density at radius 3 is 2.46 bits per heavy atom. The molecule has 1 heterocycles. The number of benzene rings is 2. The lowest BCUT2D eigenvalue weighted by atomic mass is 10.2. The number of nitrogens with zero attached hydrogens (tertiary/aromatic N) is 2. The van der Waals surface area contributed by atoms with Gasteiger partial charge >= 0.3 is 0 Å². The van der Waals surface area contributed by atoms with E-state index in [0.29, 0.717) is 33.9 Å². The van der Waals surface area contributed by atoms with Crippen LogP contribution in [0.4, 0.5) is 17.2 Å². The molecule has 28 heavy (non-hydrogen) atoms. The van der Waals surface area contributed by atoms with Crippen LogP contribution in [0.2, 0.25) is 5.02 Å². The summed E-state index contributed by atoms with van der Waals surface area (Å²) in [6.45, 7) is 1.72. The molecule has 0 radical (unpaired) electrons. The zero-order valence-corrected chi connectivity index (χ0v) is 16.4. The molecular formula is C20H19ClN4O3. The van der Waals surface area contributed by atoms with Crippen LogP contribution in [0.3, 0.4) is 0 Å². The molecule has 2 N–H and O–H groups in total. The van der Waals surface area contributed by atoms with Crippen molar-refractivity contribution in [2.45, 2.75) is 6.92 Å². The average Bonchev–Trinajstić information content (AvgIpc) is 2.67. The van der Waals surface area contributed by atoms with Gasteiger partial charge in [0.15, 0.2) is 11.5 Å². The second-order valence-electron chi connectivity index (χ2n) is 5.84. The third kappa shape index (κ3) is 4.69. The van der Waals surface area contributed by atoms with Crippen LogP contribution in [0, 0.1) is 6.92 Å². The lowest BCUT2D eigenvalue weighted by molar-refractivity contribution is 0.102. The van der Waals surface area contributed by atoms with Crippen molar-refractivity contribution < 1.29 is 14.3 Å². The zero-order chi connectivity index (χ0) is 20.1. The molecular weight excluding hydrogens is 380 g/mol. The third-order valence-electron chi connectivity index (χ3n) is 3.81. The molecule has 3 aromatic rings. The number of halogens is 1. The summed E-state index contributed by atoms with van der Waals surface area (Å²) in [6.07, 6.45) is 0. The summed E-state index contributed by atoms with van der Waals surface area (Å²) in [4.78, 5) is 21.2. The Labute approximate surface area is 167 Å². The first kappa shape index (κ1) is 19.4. The molecule has 0 aliphatic heterocycles. The van der Waals surface area contributed by atoms with E-state index in [9.17, 15) is 4.79 Å². The molecule has 0 saturated heterocycles. The molecule has 0 fully saturated rings. The van der Waals surface area contributed by atoms with Crippen molar-refractivity contribution >= 4 is 34.7 Å². The highest BCUT2D eigenvalue weighted by Gasteiger charge is 2.13. The Kier molecular flexibility index (Phi) is 5.96. The van der Waals surface area contributed by atoms with E-state index in [-0.39, 0.29) is 11.6 Å². The van der Waals surface area contributed by atoms with E-state index in [1.807, 2.05) is 12.1 Å². The highest BCUT2D eigenvalue weighted by atomic mass is 35.5. The smallest absolute Gasteiger partial charge is 0.274 e. The predicted octanol–water partition coefficient (Wildman–Crippen LogP) is 4.45. The van der Waals surface area contributed by atoms with Crippen LogP contribution < -0.4 is 20.1 Å². The number of methoxy groups -OCH3 is 2. The summed E-state index contributed by atoms with van der Waals surface area (Å²) in [5, 5.41) is 6.52. The fourth-order valence-corrected chi connectivity index (χ4v) is 2.76. The van der Waals surface area contributed by atoms with Crippen molar-refractivity contribution in [3.8, 4) is 11.5 Å². The van der Waals surface area contributed by atoms with Crippen LogP contribution in [-0.2, 0) is 0 Å². The van der Waals surface area contributed by atoms with Gasteiger partial charge in [-0.05, 0) is 37.3 Å². The Bertz CT molecular complexity index is 1010. The van der Waals surface area contributed by atoms with Gasteiger partial charge in [-0.3, -0.25) is 4.79 Å². The van der Waals surface area contributed by atoms with E-state index in [1.54, 1.807) is 50.4 Å². The maximum Gasteiger partial charge on any atom is 0.274 e. The Morgan fingerprint density at radius 2 is 1.75 bits per heavy atom. The number of amides is 1. The monoisotopic (exact) mass is 398 g/mol. The Morgan fingerprint density at radius 1 is 0.964 bits per heavy atom. The van der Waals surface area contributed by atoms with Crippen molar-refractivity contribution in [2.75, 3.05) is 24.9 Å². The van der Waals surface area contributed by atoms with E-state index in [4.69, 9.17) is 21.1 Å². The first-order chi connectivity index (χ1) is 13.5. The maximum absolute atomic E-state index is 12.7. The second-order valence-corrected chi connectivity index (χ2v) is 6.28. The molecule has 0 aliphatic rings. The van der Waals surface area contributed by atoms with Gasteiger partial charge in [0.1, 0.15) is 17.3 Å². The number of ether oxygens (including phenoxy) is 2. The minimum atomic E-state index is -0.369. The molecule has 1 aromatic heterocycles. The van der Waals surface area contributed by atoms with Gasteiger partial charge in [0.05, 0.1) is 14.2 Å². The van der Waals surface area contributed by atoms with E-state index in [1.165, 1.54) is 7.11 Å². The third-order valence-corrected chi connectivity index (χ3v) is 4.04. The molecule has 0 unspecified atom stereocenters. The van der Waals surface area contributed by atoms with Crippen molar-refractivity contribution in [1.82, 2.24) is 9.97 Å². The molecule has 7 nitrogen and oxygen atoms in total. The van der Waals surface area contributed by atoms with Gasteiger partial charge in [0.25, 0.3) is 5.91 Å². The van der Waals surface area contributed by atoms with E-state index in [0.717, 1.165) is 5.69 Å². The quantitative estimate of drug-likeness (QED) is 0.638. The zero-order valence-electron chi connectivity index (χ0n) is 15.6. The van der Waals surface area contributed by atoms with Crippen LogP contribution in [0.1, 0.15) is 16.3 Å². The second kappa shape index (κ2) is 8.58. The van der Waals surface area contributed by atoms with Crippen LogP contribution in [0.15, 0.2) is 48.5 Å². The van der Waals surface area contributed by atoms with Crippen molar-refractivity contribution in [2.24, 2.45) is 0 Å². The van der Waals surface area contributed by atoms with E-state index >= 15 is 0 Å². The lowest BCUT2D eigenvalue weighted by Gasteiger charge is -2.11. The summed E-state index contributed by atoms with van der Waals surface area (Å²) >= 11 is 6.00. The molecule has 0 saturated carbocycles. The Balaban J connectivity index is 1.81. The molecule has 1 amide bonds. The van der Waals surface area contributed by atoms with Gasteiger partial charge in [0.2, 0.25) is 0 Å². The number of nitrogens with one attached hydrogen (secondary N) is 2. The maximum atomic E-state index is 12.7. The normalized spacial score (nSPS) is 10.3. The number of anilines is 3. The summed E-state index contributed by atoms with van der Waals surface area (Å²) in [5.41, 5.74) is 1.55. The van der Waals surface area contributed by atoms with E-state index < -0.39 is 0 Å². The molecule has 3 rings (SSSR count). The van der Waals surface area contributed by atoms with Gasteiger partial charge in [-0.1, -0.05) is 17.7 Å². The number of carbonyl (C=O) groups is 1. The van der Waals surface area contributed by atoms with Crippen LogP contribution in [0.25, 0.3) is 0 Å². The van der Waals surface area contributed by atoms with Gasteiger partial charge in [0, 0.05) is 28.5 Å². The van der Waals surface area contributed by atoms with Gasteiger partial charge < -0.3 is 20.1 Å². The van der Waals surface area contributed by atoms with Crippen LogP contribution in [0.5, 0.6) is 11.5 Å². The van der Waals surface area contributed by atoms with Crippen LogP contribution >= 0.6 is 11.6 Å². The number of rotatable bonds is 6. The summed E-state index contributed by atoms with van der Waals surface area (Å²) < 4.78 is 10.5. The standard InChI is InChI=1S/C20H19ClN4O3/c1-12-22-16(11-19(23-12)24-14-6-4-5-13(21)9-14)20(26)25-15-7-8-17(27-2)18(10-15)28-3/h4-11H,1-3H3,(H,25,26)(H,22,23,24). The van der Waals surface area contributed by atoms with Crippen LogP contribution in [-0.4, -0.2) is 30.1 Å². The number of aryl methyl sites for hydroxylation is 1. The van der Waals surface area contributed by atoms with Crippen molar-refractivity contribution in [1.29, 1.82) is 0 Å². The summed E-state index contributed by atoms with van der Waals surface area (Å²) in [5.74, 6) is 1.68. The molecule has 8 heteroatoms. The number of hydrogen-bond acceptors (Lipinski definition) is 6. The minimum Gasteiger partial charge on any atom is -0.493 e. The highest BCUT2D eigenvalue weighted by Crippen LogP contribution is 2.30. The Hall–Kier alpha value is -3.32. The molecule has 0 aliphatic carbocycles. The minimum absolute atomic E-state index is 0.229. The van der Waals surface area contributed by atoms with Gasteiger partial charge in [-0.15, -0.1) is 0 Å². The number of carbonyl (C=O) groups excluding carboxylic acids is 1. The molecule has 2 aromatic carbocycles. The number of hydrogen-bond donors (Lipinski definition) is 2. The summed E-state index contributed by atoms with van der Waals surface area (Å²) in [7, 11) is 3.08. The largest absolute Gasteiger partial charge is 0.493 e. The molecule has 0 bridgehead atoms. The first-order valence-electron chi connectivity index (χ1n) is 8.40. The molecule has 0 spiro atoms. The number of aromatic nitrogens is 2. The average molecular weight is 399 g/mol.